The van der Waals surface area contributed by atoms with E-state index in [-0.39, 0.29) is 5.56 Å². The van der Waals surface area contributed by atoms with Crippen molar-refractivity contribution in [3.63, 3.8) is 0 Å². The molecular formula is C19H18FN3O3S. The minimum atomic E-state index is -0.625. The predicted molar refractivity (Wildman–Crippen MR) is 104 cm³/mol. The van der Waals surface area contributed by atoms with E-state index in [0.29, 0.717) is 24.7 Å². The van der Waals surface area contributed by atoms with Gasteiger partial charge in [-0.3, -0.25) is 4.79 Å². The first kappa shape index (κ1) is 17.7. The quantitative estimate of drug-likeness (QED) is 0.742. The number of amides is 1. The fourth-order valence-corrected chi connectivity index (χ4v) is 3.94. The number of morpholine rings is 1. The van der Waals surface area contributed by atoms with Crippen LogP contribution in [0.15, 0.2) is 36.4 Å². The number of fused-ring (bicyclic) bond motifs is 1. The Bertz CT molecular complexity index is 985. The van der Waals surface area contributed by atoms with E-state index < -0.39 is 11.7 Å². The zero-order chi connectivity index (χ0) is 18.8. The minimum Gasteiger partial charge on any atom is -0.497 e. The molecule has 0 saturated carbocycles. The number of anilines is 2. The Balaban J connectivity index is 1.54. The lowest BCUT2D eigenvalue weighted by atomic mass is 10.2. The molecule has 2 heterocycles. The zero-order valence-electron chi connectivity index (χ0n) is 14.7. The summed E-state index contributed by atoms with van der Waals surface area (Å²) in [6, 6.07) is 9.64. The molecule has 1 saturated heterocycles. The van der Waals surface area contributed by atoms with Crippen LogP contribution < -0.4 is 15.0 Å². The van der Waals surface area contributed by atoms with E-state index in [2.05, 4.69) is 15.2 Å². The molecule has 0 radical (unpaired) electrons. The third-order valence-corrected chi connectivity index (χ3v) is 5.42. The highest BCUT2D eigenvalue weighted by atomic mass is 32.1. The number of hydrogen-bond donors (Lipinski definition) is 1. The second-order valence-corrected chi connectivity index (χ2v) is 7.09. The molecular weight excluding hydrogens is 369 g/mol. The molecule has 1 aliphatic rings. The molecule has 1 N–H and O–H groups in total. The first-order valence-corrected chi connectivity index (χ1v) is 9.34. The summed E-state index contributed by atoms with van der Waals surface area (Å²) in [5.41, 5.74) is 1.43. The van der Waals surface area contributed by atoms with Crippen LogP contribution in [0, 0.1) is 5.82 Å². The van der Waals surface area contributed by atoms with Gasteiger partial charge >= 0.3 is 0 Å². The van der Waals surface area contributed by atoms with Crippen LogP contribution in [0.25, 0.3) is 10.2 Å². The van der Waals surface area contributed by atoms with Crippen molar-refractivity contribution in [3.05, 3.63) is 47.8 Å². The molecule has 8 heteroatoms. The molecule has 140 valence electrons. The van der Waals surface area contributed by atoms with Crippen molar-refractivity contribution >= 4 is 38.3 Å². The van der Waals surface area contributed by atoms with Gasteiger partial charge in [0, 0.05) is 24.8 Å². The molecule has 1 fully saturated rings. The summed E-state index contributed by atoms with van der Waals surface area (Å²) in [5, 5.41) is 3.69. The number of halogens is 1. The van der Waals surface area contributed by atoms with Crippen LogP contribution in [0.2, 0.25) is 0 Å². The first-order valence-electron chi connectivity index (χ1n) is 8.52. The lowest BCUT2D eigenvalue weighted by Crippen LogP contribution is -2.36. The molecule has 2 aromatic carbocycles. The second kappa shape index (κ2) is 7.50. The highest BCUT2D eigenvalue weighted by molar-refractivity contribution is 7.22. The van der Waals surface area contributed by atoms with Crippen molar-refractivity contribution in [2.24, 2.45) is 0 Å². The maximum absolute atomic E-state index is 14.1. The number of rotatable bonds is 4. The van der Waals surface area contributed by atoms with Gasteiger partial charge in [0.15, 0.2) is 5.13 Å². The standard InChI is InChI=1S/C19H18FN3O3S/c1-25-13-3-4-14(15(20)11-13)18(24)21-12-2-5-16-17(10-12)27-19(22-16)23-6-8-26-9-7-23/h2-5,10-11H,6-9H2,1H3,(H,21,24). The number of aromatic nitrogens is 1. The molecule has 0 aliphatic carbocycles. The van der Waals surface area contributed by atoms with Gasteiger partial charge in [0.05, 0.1) is 36.1 Å². The maximum atomic E-state index is 14.1. The fraction of sp³-hybridized carbons (Fsp3) is 0.263. The number of hydrogen-bond acceptors (Lipinski definition) is 6. The molecule has 0 spiro atoms. The van der Waals surface area contributed by atoms with Crippen molar-refractivity contribution < 1.29 is 18.7 Å². The Labute approximate surface area is 159 Å². The van der Waals surface area contributed by atoms with Gasteiger partial charge in [0.25, 0.3) is 5.91 Å². The van der Waals surface area contributed by atoms with E-state index in [1.807, 2.05) is 12.1 Å². The number of ether oxygens (including phenoxy) is 2. The van der Waals surface area contributed by atoms with Crippen molar-refractivity contribution in [2.75, 3.05) is 43.6 Å². The van der Waals surface area contributed by atoms with E-state index in [1.165, 1.54) is 19.2 Å². The molecule has 1 aliphatic heterocycles. The third-order valence-electron chi connectivity index (χ3n) is 4.34. The molecule has 0 bridgehead atoms. The number of carbonyl (C=O) groups is 1. The Morgan fingerprint density at radius 2 is 2.07 bits per heavy atom. The van der Waals surface area contributed by atoms with Gasteiger partial charge in [-0.15, -0.1) is 0 Å². The summed E-state index contributed by atoms with van der Waals surface area (Å²) in [7, 11) is 1.45. The van der Waals surface area contributed by atoms with E-state index in [0.717, 1.165) is 28.4 Å². The van der Waals surface area contributed by atoms with Crippen molar-refractivity contribution in [1.29, 1.82) is 0 Å². The van der Waals surface area contributed by atoms with Crippen LogP contribution in [-0.4, -0.2) is 44.3 Å². The summed E-state index contributed by atoms with van der Waals surface area (Å²) >= 11 is 1.57. The van der Waals surface area contributed by atoms with E-state index >= 15 is 0 Å². The third kappa shape index (κ3) is 3.72. The SMILES string of the molecule is COc1ccc(C(=O)Nc2ccc3nc(N4CCOCC4)sc3c2)c(F)c1. The summed E-state index contributed by atoms with van der Waals surface area (Å²) in [4.78, 5) is 19.2. The number of thiazole rings is 1. The normalized spacial score (nSPS) is 14.4. The van der Waals surface area contributed by atoms with Gasteiger partial charge in [0.2, 0.25) is 0 Å². The second-order valence-electron chi connectivity index (χ2n) is 6.08. The average molecular weight is 387 g/mol. The first-order chi connectivity index (χ1) is 13.1. The van der Waals surface area contributed by atoms with Crippen molar-refractivity contribution in [3.8, 4) is 5.75 Å². The molecule has 27 heavy (non-hydrogen) atoms. The van der Waals surface area contributed by atoms with Crippen molar-refractivity contribution in [2.45, 2.75) is 0 Å². The lowest BCUT2D eigenvalue weighted by molar-refractivity contribution is 0.102. The monoisotopic (exact) mass is 387 g/mol. The number of nitrogens with zero attached hydrogens (tertiary/aromatic N) is 2. The van der Waals surface area contributed by atoms with Gasteiger partial charge in [-0.05, 0) is 30.3 Å². The Morgan fingerprint density at radius 1 is 1.26 bits per heavy atom. The maximum Gasteiger partial charge on any atom is 0.258 e. The minimum absolute atomic E-state index is 0.0331. The van der Waals surface area contributed by atoms with Crippen LogP contribution in [0.3, 0.4) is 0 Å². The highest BCUT2D eigenvalue weighted by Crippen LogP contribution is 2.31. The van der Waals surface area contributed by atoms with Crippen LogP contribution in [0.5, 0.6) is 5.75 Å². The Kier molecular flexibility index (Phi) is 4.91. The number of carbonyl (C=O) groups excluding carboxylic acids is 1. The number of benzene rings is 2. The van der Waals surface area contributed by atoms with E-state index in [4.69, 9.17) is 9.47 Å². The fourth-order valence-electron chi connectivity index (χ4n) is 2.89. The largest absolute Gasteiger partial charge is 0.497 e. The average Bonchev–Trinajstić information content (AvgIpc) is 3.12. The summed E-state index contributed by atoms with van der Waals surface area (Å²) < 4.78 is 25.4. The van der Waals surface area contributed by atoms with E-state index in [1.54, 1.807) is 23.5 Å². The lowest BCUT2D eigenvalue weighted by Gasteiger charge is -2.25. The van der Waals surface area contributed by atoms with E-state index in [9.17, 15) is 9.18 Å². The smallest absolute Gasteiger partial charge is 0.258 e. The van der Waals surface area contributed by atoms with Crippen LogP contribution in [0.1, 0.15) is 10.4 Å². The van der Waals surface area contributed by atoms with Gasteiger partial charge in [-0.25, -0.2) is 9.37 Å². The molecule has 3 aromatic rings. The molecule has 6 nitrogen and oxygen atoms in total. The zero-order valence-corrected chi connectivity index (χ0v) is 15.5. The summed E-state index contributed by atoms with van der Waals surface area (Å²) in [5.74, 6) is -0.765. The molecule has 0 unspecified atom stereocenters. The summed E-state index contributed by atoms with van der Waals surface area (Å²) in [6.07, 6.45) is 0. The Hall–Kier alpha value is -2.71. The van der Waals surface area contributed by atoms with Gasteiger partial charge in [0.1, 0.15) is 11.6 Å². The Morgan fingerprint density at radius 3 is 2.81 bits per heavy atom. The van der Waals surface area contributed by atoms with Gasteiger partial charge in [-0.1, -0.05) is 11.3 Å². The number of methoxy groups -OCH3 is 1. The molecule has 1 amide bonds. The van der Waals surface area contributed by atoms with Crippen LogP contribution >= 0.6 is 11.3 Å². The van der Waals surface area contributed by atoms with Gasteiger partial charge < -0.3 is 19.7 Å². The molecule has 0 atom stereocenters. The molecule has 1 aromatic heterocycles. The summed E-state index contributed by atoms with van der Waals surface area (Å²) in [6.45, 7) is 3.04. The van der Waals surface area contributed by atoms with Crippen molar-refractivity contribution in [1.82, 2.24) is 4.98 Å². The predicted octanol–water partition coefficient (Wildman–Crippen LogP) is 3.53. The topological polar surface area (TPSA) is 63.7 Å². The number of nitrogens with one attached hydrogen (secondary N) is 1. The van der Waals surface area contributed by atoms with Crippen LogP contribution in [0.4, 0.5) is 15.2 Å². The van der Waals surface area contributed by atoms with Gasteiger partial charge in [-0.2, -0.15) is 0 Å². The molecule has 4 rings (SSSR count). The highest BCUT2D eigenvalue weighted by Gasteiger charge is 2.17. The van der Waals surface area contributed by atoms with Crippen LogP contribution in [-0.2, 0) is 4.74 Å².